The van der Waals surface area contributed by atoms with E-state index in [1.165, 1.54) is 6.92 Å². The highest BCUT2D eigenvalue weighted by Crippen LogP contribution is 1.96. The van der Waals surface area contributed by atoms with Crippen molar-refractivity contribution in [2.24, 2.45) is 29.0 Å². The molecule has 0 rings (SSSR count). The molecule has 0 aliphatic carbocycles. The Hall–Kier alpha value is -1.75. The molecule has 4 atom stereocenters. The van der Waals surface area contributed by atoms with Gasteiger partial charge in [-0.2, -0.15) is 0 Å². The maximum absolute atomic E-state index is 10.0. The highest BCUT2D eigenvalue weighted by molar-refractivity contribution is 5.74. The van der Waals surface area contributed by atoms with E-state index in [4.69, 9.17) is 37.6 Å². The van der Waals surface area contributed by atoms with Crippen LogP contribution in [0.2, 0.25) is 0 Å². The number of carbonyl (C=O) groups is 3. The maximum atomic E-state index is 10.0. The summed E-state index contributed by atoms with van der Waals surface area (Å²) in [6, 6.07) is -2.58. The van der Waals surface area contributed by atoms with E-state index >= 15 is 0 Å². The molecule has 0 aliphatic rings. The van der Waals surface area contributed by atoms with E-state index < -0.39 is 42.1 Å². The Labute approximate surface area is 141 Å². The van der Waals surface area contributed by atoms with Crippen LogP contribution in [0, 0.1) is 11.8 Å². The quantitative estimate of drug-likeness (QED) is 0.306. The molecule has 0 heterocycles. The van der Waals surface area contributed by atoms with Crippen LogP contribution in [0.4, 0.5) is 0 Å². The van der Waals surface area contributed by atoms with Crippen molar-refractivity contribution in [1.29, 1.82) is 0 Å². The normalized spacial score (nSPS) is 15.1. The number of aliphatic carboxylic acids is 3. The van der Waals surface area contributed by atoms with E-state index in [0.717, 1.165) is 0 Å². The number of carboxylic acids is 3. The van der Waals surface area contributed by atoms with Crippen LogP contribution >= 0.6 is 0 Å². The molecule has 144 valence electrons. The molecule has 24 heavy (non-hydrogen) atoms. The lowest BCUT2D eigenvalue weighted by molar-refractivity contribution is -0.141. The van der Waals surface area contributed by atoms with Gasteiger partial charge in [0.2, 0.25) is 0 Å². The van der Waals surface area contributed by atoms with Gasteiger partial charge in [0.15, 0.2) is 0 Å². The fraction of sp³-hybridized carbons (Fsp3) is 0.786. The highest BCUT2D eigenvalue weighted by Gasteiger charge is 2.16. The van der Waals surface area contributed by atoms with Gasteiger partial charge in [0.05, 0.1) is 6.10 Å². The number of rotatable bonds is 6. The number of aliphatic hydroxyl groups excluding tert-OH is 1. The van der Waals surface area contributed by atoms with E-state index in [1.807, 2.05) is 0 Å². The van der Waals surface area contributed by atoms with Gasteiger partial charge in [-0.1, -0.05) is 27.7 Å². The van der Waals surface area contributed by atoms with Crippen molar-refractivity contribution >= 4 is 17.9 Å². The molecule has 0 radical (unpaired) electrons. The third-order valence-corrected chi connectivity index (χ3v) is 2.81. The molecule has 0 aromatic carbocycles. The van der Waals surface area contributed by atoms with Crippen molar-refractivity contribution in [1.82, 2.24) is 0 Å². The van der Waals surface area contributed by atoms with Gasteiger partial charge in [0.25, 0.3) is 0 Å². The zero-order valence-electron chi connectivity index (χ0n) is 14.7. The second-order valence-corrected chi connectivity index (χ2v) is 5.82. The monoisotopic (exact) mass is 353 g/mol. The Morgan fingerprint density at radius 3 is 0.833 bits per heavy atom. The molecular formula is C14H31N3O7. The van der Waals surface area contributed by atoms with Gasteiger partial charge in [-0.3, -0.25) is 14.4 Å². The first-order valence-corrected chi connectivity index (χ1v) is 7.29. The lowest BCUT2D eigenvalue weighted by Gasteiger charge is -2.07. The predicted molar refractivity (Wildman–Crippen MR) is 88.2 cm³/mol. The van der Waals surface area contributed by atoms with Gasteiger partial charge in [-0.25, -0.2) is 0 Å². The third kappa shape index (κ3) is 15.2. The molecule has 0 aliphatic heterocycles. The molecule has 10 nitrogen and oxygen atoms in total. The molecule has 0 bridgehead atoms. The maximum Gasteiger partial charge on any atom is 0.323 e. The minimum Gasteiger partial charge on any atom is -0.480 e. The molecule has 0 spiro atoms. The largest absolute Gasteiger partial charge is 0.480 e. The average Bonchev–Trinajstić information content (AvgIpc) is 2.45. The Kier molecular flexibility index (Phi) is 15.4. The topological polar surface area (TPSA) is 210 Å². The summed E-state index contributed by atoms with van der Waals surface area (Å²) in [4.78, 5) is 29.9. The van der Waals surface area contributed by atoms with E-state index in [-0.39, 0.29) is 11.8 Å². The average molecular weight is 353 g/mol. The summed E-state index contributed by atoms with van der Waals surface area (Å²) in [5.41, 5.74) is 15.2. The fourth-order valence-electron chi connectivity index (χ4n) is 0.777. The van der Waals surface area contributed by atoms with Crippen LogP contribution in [0.1, 0.15) is 34.6 Å². The predicted octanol–water partition coefficient (Wildman–Crippen LogP) is -1.11. The van der Waals surface area contributed by atoms with Crippen molar-refractivity contribution < 1.29 is 34.8 Å². The Bertz CT molecular complexity index is 330. The molecule has 3 unspecified atom stereocenters. The summed E-state index contributed by atoms with van der Waals surface area (Å²) in [5.74, 6) is -3.00. The SMILES string of the molecule is CC(C)C(N)C(=O)O.CC(C)[C@H](N)C(=O)O.CC(O)C(N)C(=O)O. The van der Waals surface area contributed by atoms with Crippen molar-refractivity contribution in [3.05, 3.63) is 0 Å². The molecule has 0 fully saturated rings. The molecule has 10 N–H and O–H groups in total. The summed E-state index contributed by atoms with van der Waals surface area (Å²) in [7, 11) is 0. The molecule has 0 saturated heterocycles. The second kappa shape index (κ2) is 13.7. The lowest BCUT2D eigenvalue weighted by Crippen LogP contribution is -2.39. The van der Waals surface area contributed by atoms with Crippen molar-refractivity contribution in [2.75, 3.05) is 0 Å². The Balaban J connectivity index is -0.000000276. The van der Waals surface area contributed by atoms with Crippen LogP contribution in [0.5, 0.6) is 0 Å². The lowest BCUT2D eigenvalue weighted by atomic mass is 10.1. The minimum atomic E-state index is -1.18. The van der Waals surface area contributed by atoms with Gasteiger partial charge in [0, 0.05) is 0 Å². The minimum absolute atomic E-state index is 0.0208. The molecule has 0 aromatic rings. The summed E-state index contributed by atoms with van der Waals surface area (Å²) in [6.07, 6.45) is -0.979. The van der Waals surface area contributed by atoms with Crippen LogP contribution in [0.3, 0.4) is 0 Å². The van der Waals surface area contributed by atoms with Gasteiger partial charge >= 0.3 is 17.9 Å². The molecule has 0 saturated carbocycles. The summed E-state index contributed by atoms with van der Waals surface area (Å²) >= 11 is 0. The Morgan fingerprint density at radius 2 is 0.833 bits per heavy atom. The third-order valence-electron chi connectivity index (χ3n) is 2.81. The van der Waals surface area contributed by atoms with E-state index in [2.05, 4.69) is 0 Å². The van der Waals surface area contributed by atoms with Gasteiger partial charge in [-0.15, -0.1) is 0 Å². The summed E-state index contributed by atoms with van der Waals surface area (Å²) in [5, 5.41) is 33.0. The second-order valence-electron chi connectivity index (χ2n) is 5.82. The number of hydrogen-bond donors (Lipinski definition) is 7. The first kappa shape index (κ1) is 27.1. The fourth-order valence-corrected chi connectivity index (χ4v) is 0.777. The summed E-state index contributed by atoms with van der Waals surface area (Å²) < 4.78 is 0. The number of aliphatic hydroxyl groups is 1. The smallest absolute Gasteiger partial charge is 0.323 e. The van der Waals surface area contributed by atoms with Crippen LogP contribution in [0.15, 0.2) is 0 Å². The van der Waals surface area contributed by atoms with Crippen molar-refractivity contribution in [3.8, 4) is 0 Å². The highest BCUT2D eigenvalue weighted by atomic mass is 16.4. The molecule has 0 amide bonds. The standard InChI is InChI=1S/2C5H11NO2.C4H9NO3/c2*1-3(2)4(6)5(7)8;1-2(6)3(5)4(7)8/h2*3-4H,6H2,1-2H3,(H,7,8);2-3,6H,5H2,1H3,(H,7,8)/t4-;;/m0../s1. The van der Waals surface area contributed by atoms with Gasteiger partial charge in [0.1, 0.15) is 18.1 Å². The first-order valence-electron chi connectivity index (χ1n) is 7.29. The van der Waals surface area contributed by atoms with Crippen LogP contribution in [-0.2, 0) is 14.4 Å². The summed E-state index contributed by atoms with van der Waals surface area (Å²) in [6.45, 7) is 8.44. The van der Waals surface area contributed by atoms with Crippen LogP contribution in [0.25, 0.3) is 0 Å². The number of carboxylic acid groups (broad SMARTS) is 3. The first-order chi connectivity index (χ1) is 10.7. The van der Waals surface area contributed by atoms with Gasteiger partial charge < -0.3 is 37.6 Å². The molecule has 10 heteroatoms. The van der Waals surface area contributed by atoms with E-state index in [0.29, 0.717) is 0 Å². The van der Waals surface area contributed by atoms with Gasteiger partial charge in [-0.05, 0) is 18.8 Å². The zero-order chi connectivity index (χ0) is 20.2. The molecule has 0 aromatic heterocycles. The van der Waals surface area contributed by atoms with Crippen molar-refractivity contribution in [3.63, 3.8) is 0 Å². The Morgan fingerprint density at radius 1 is 0.625 bits per heavy atom. The van der Waals surface area contributed by atoms with E-state index in [1.54, 1.807) is 27.7 Å². The van der Waals surface area contributed by atoms with E-state index in [9.17, 15) is 14.4 Å². The molecular weight excluding hydrogens is 322 g/mol. The van der Waals surface area contributed by atoms with Crippen LogP contribution in [-0.4, -0.2) is 62.6 Å². The van der Waals surface area contributed by atoms with Crippen LogP contribution < -0.4 is 17.2 Å². The van der Waals surface area contributed by atoms with Crippen molar-refractivity contribution in [2.45, 2.75) is 58.8 Å². The number of nitrogens with two attached hydrogens (primary N) is 3. The zero-order valence-corrected chi connectivity index (χ0v) is 14.7. The number of hydrogen-bond acceptors (Lipinski definition) is 7.